The first-order chi connectivity index (χ1) is 12.3. The maximum atomic E-state index is 13.2. The second-order valence-corrected chi connectivity index (χ2v) is 8.25. The van der Waals surface area contributed by atoms with Crippen LogP contribution in [0.2, 0.25) is 0 Å². The van der Waals surface area contributed by atoms with Gasteiger partial charge in [-0.3, -0.25) is 4.79 Å². The van der Waals surface area contributed by atoms with Gasteiger partial charge >= 0.3 is 0 Å². The second kappa shape index (κ2) is 6.98. The highest BCUT2D eigenvalue weighted by Gasteiger charge is 2.23. The average Bonchev–Trinajstić information content (AvgIpc) is 3.22. The lowest BCUT2D eigenvalue weighted by Gasteiger charge is -2.19. The van der Waals surface area contributed by atoms with Crippen molar-refractivity contribution in [2.24, 2.45) is 12.2 Å². The van der Waals surface area contributed by atoms with Crippen molar-refractivity contribution in [3.8, 4) is 0 Å². The fraction of sp³-hybridized carbons (Fsp3) is 0.125. The lowest BCUT2D eigenvalue weighted by atomic mass is 10.1. The van der Waals surface area contributed by atoms with E-state index in [1.807, 2.05) is 0 Å². The molecule has 3 N–H and O–H groups in total. The van der Waals surface area contributed by atoms with Crippen LogP contribution in [0.5, 0.6) is 0 Å². The molecule has 26 heavy (non-hydrogen) atoms. The molecule has 3 rings (SSSR count). The van der Waals surface area contributed by atoms with Gasteiger partial charge in [-0.1, -0.05) is 12.1 Å². The Morgan fingerprint density at radius 1 is 1.35 bits per heavy atom. The molecule has 2 aromatic heterocycles. The van der Waals surface area contributed by atoms with Crippen molar-refractivity contribution in [3.63, 3.8) is 0 Å². The molecule has 0 saturated carbocycles. The summed E-state index contributed by atoms with van der Waals surface area (Å²) >= 11 is 0.866. The van der Waals surface area contributed by atoms with Gasteiger partial charge in [0.2, 0.25) is 10.0 Å². The van der Waals surface area contributed by atoms with Crippen LogP contribution in [0.25, 0.3) is 0 Å². The van der Waals surface area contributed by atoms with E-state index in [0.29, 0.717) is 11.4 Å². The molecule has 1 atom stereocenters. The van der Waals surface area contributed by atoms with Crippen LogP contribution in [-0.2, 0) is 17.1 Å². The first kappa shape index (κ1) is 18.2. The highest BCUT2D eigenvalue weighted by molar-refractivity contribution is 7.91. The van der Waals surface area contributed by atoms with Gasteiger partial charge in [-0.05, 0) is 23.8 Å². The molecule has 0 bridgehead atoms. The summed E-state index contributed by atoms with van der Waals surface area (Å²) in [5, 5.41) is 9.29. The van der Waals surface area contributed by atoms with E-state index in [-0.39, 0.29) is 9.77 Å². The van der Waals surface area contributed by atoms with E-state index >= 15 is 0 Å². The lowest BCUT2D eigenvalue weighted by Crippen LogP contribution is -2.30. The average molecular weight is 394 g/mol. The molecule has 7 nitrogen and oxygen atoms in total. The van der Waals surface area contributed by atoms with Crippen molar-refractivity contribution in [2.45, 2.75) is 10.3 Å². The molecule has 136 valence electrons. The number of nitrogens with one attached hydrogen (secondary N) is 1. The fourth-order valence-electron chi connectivity index (χ4n) is 2.41. The summed E-state index contributed by atoms with van der Waals surface area (Å²) in [5.74, 6) is -0.338. The smallest absolute Gasteiger partial charge is 0.253 e. The molecule has 2 heterocycles. The predicted molar refractivity (Wildman–Crippen MR) is 94.6 cm³/mol. The number of hydrogen-bond donors (Lipinski definition) is 2. The zero-order valence-corrected chi connectivity index (χ0v) is 15.2. The number of sulfonamides is 1. The normalized spacial score (nSPS) is 12.7. The summed E-state index contributed by atoms with van der Waals surface area (Å²) in [6.45, 7) is 0. The summed E-state index contributed by atoms with van der Waals surface area (Å²) in [7, 11) is -2.10. The summed E-state index contributed by atoms with van der Waals surface area (Å²) in [4.78, 5) is 16.8. The number of nitrogens with two attached hydrogens (primary N) is 1. The fourth-order valence-corrected chi connectivity index (χ4v) is 3.99. The number of aryl methyl sites for hydroxylation is 1. The Morgan fingerprint density at radius 2 is 2.04 bits per heavy atom. The maximum absolute atomic E-state index is 13.2. The second-order valence-electron chi connectivity index (χ2n) is 5.55. The number of rotatable bonds is 5. The number of hydrogen-bond acceptors (Lipinski definition) is 5. The number of primary sulfonamides is 1. The first-order valence-electron chi connectivity index (χ1n) is 7.40. The standard InChI is InChI=1S/C16H15FN4O3S2/c1-21-7-6-19-15(21)14(10-2-4-12(17)5-3-10)20-16(22)11-8-13(25-9-11)26(18,23)24/h2-9,14H,1H3,(H,20,22)(H2,18,23,24). The molecule has 0 aliphatic heterocycles. The van der Waals surface area contributed by atoms with Gasteiger partial charge in [-0.25, -0.2) is 22.9 Å². The van der Waals surface area contributed by atoms with E-state index < -0.39 is 27.8 Å². The summed E-state index contributed by atoms with van der Waals surface area (Å²) < 4.78 is 37.6. The molecule has 0 aliphatic rings. The molecule has 0 spiro atoms. The van der Waals surface area contributed by atoms with E-state index in [9.17, 15) is 17.6 Å². The molecule has 0 aliphatic carbocycles. The molecule has 3 aromatic rings. The van der Waals surface area contributed by atoms with Gasteiger partial charge < -0.3 is 9.88 Å². The van der Waals surface area contributed by atoms with Crippen LogP contribution in [0.3, 0.4) is 0 Å². The first-order valence-corrected chi connectivity index (χ1v) is 9.83. The van der Waals surface area contributed by atoms with Crippen molar-refractivity contribution in [1.29, 1.82) is 0 Å². The van der Waals surface area contributed by atoms with E-state index in [0.717, 1.165) is 11.3 Å². The third kappa shape index (κ3) is 3.82. The molecule has 0 saturated heterocycles. The van der Waals surface area contributed by atoms with Crippen LogP contribution in [0.4, 0.5) is 4.39 Å². The van der Waals surface area contributed by atoms with Crippen LogP contribution >= 0.6 is 11.3 Å². The molecule has 10 heteroatoms. The number of imidazole rings is 1. The number of aromatic nitrogens is 2. The number of halogens is 1. The highest BCUT2D eigenvalue weighted by Crippen LogP contribution is 2.23. The molecule has 1 aromatic carbocycles. The SMILES string of the molecule is Cn1ccnc1C(NC(=O)c1csc(S(N)(=O)=O)c1)c1ccc(F)cc1. The van der Waals surface area contributed by atoms with E-state index in [1.54, 1.807) is 36.1 Å². The van der Waals surface area contributed by atoms with Crippen LogP contribution in [0.1, 0.15) is 27.8 Å². The van der Waals surface area contributed by atoms with Crippen molar-refractivity contribution in [2.75, 3.05) is 0 Å². The minimum Gasteiger partial charge on any atom is -0.338 e. The largest absolute Gasteiger partial charge is 0.338 e. The van der Waals surface area contributed by atoms with Crippen LogP contribution in [0, 0.1) is 5.82 Å². The molecule has 0 radical (unpaired) electrons. The van der Waals surface area contributed by atoms with Gasteiger partial charge in [0.25, 0.3) is 5.91 Å². The highest BCUT2D eigenvalue weighted by atomic mass is 32.2. The number of amides is 1. The quantitative estimate of drug-likeness (QED) is 0.688. The van der Waals surface area contributed by atoms with Crippen molar-refractivity contribution in [3.05, 3.63) is 70.9 Å². The zero-order chi connectivity index (χ0) is 18.9. The molecular weight excluding hydrogens is 379 g/mol. The monoisotopic (exact) mass is 394 g/mol. The topological polar surface area (TPSA) is 107 Å². The van der Waals surface area contributed by atoms with Gasteiger partial charge in [0, 0.05) is 24.8 Å². The number of thiophene rings is 1. The molecule has 0 fully saturated rings. The Hall–Kier alpha value is -2.56. The van der Waals surface area contributed by atoms with Gasteiger partial charge in [-0.15, -0.1) is 11.3 Å². The summed E-state index contributed by atoms with van der Waals surface area (Å²) in [6.07, 6.45) is 3.31. The Bertz CT molecular complexity index is 1040. The van der Waals surface area contributed by atoms with Crippen LogP contribution < -0.4 is 10.5 Å². The van der Waals surface area contributed by atoms with E-state index in [2.05, 4.69) is 10.3 Å². The minimum absolute atomic E-state index is 0.0991. The number of nitrogens with zero attached hydrogens (tertiary/aromatic N) is 2. The third-order valence-electron chi connectivity index (χ3n) is 3.71. The Balaban J connectivity index is 1.93. The number of benzene rings is 1. The predicted octanol–water partition coefficient (Wildman–Crippen LogP) is 1.79. The molecule has 1 amide bonds. The Morgan fingerprint density at radius 3 is 2.58 bits per heavy atom. The van der Waals surface area contributed by atoms with Crippen LogP contribution in [0.15, 0.2) is 52.3 Å². The minimum atomic E-state index is -3.87. The summed E-state index contributed by atoms with van der Waals surface area (Å²) in [6, 6.07) is 6.27. The van der Waals surface area contributed by atoms with Gasteiger partial charge in [-0.2, -0.15) is 0 Å². The summed E-state index contributed by atoms with van der Waals surface area (Å²) in [5.41, 5.74) is 0.802. The molecule has 1 unspecified atom stereocenters. The number of carbonyl (C=O) groups excluding carboxylic acids is 1. The van der Waals surface area contributed by atoms with Crippen molar-refractivity contribution in [1.82, 2.24) is 14.9 Å². The van der Waals surface area contributed by atoms with E-state index in [4.69, 9.17) is 5.14 Å². The van der Waals surface area contributed by atoms with Gasteiger partial charge in [0.15, 0.2) is 0 Å². The van der Waals surface area contributed by atoms with Gasteiger partial charge in [0.1, 0.15) is 21.9 Å². The molecular formula is C16H15FN4O3S2. The number of carbonyl (C=O) groups is 1. The van der Waals surface area contributed by atoms with Gasteiger partial charge in [0.05, 0.1) is 5.56 Å². The van der Waals surface area contributed by atoms with Crippen molar-refractivity contribution >= 4 is 27.3 Å². The lowest BCUT2D eigenvalue weighted by molar-refractivity contribution is 0.0941. The Labute approximate surface area is 153 Å². The maximum Gasteiger partial charge on any atom is 0.253 e. The van der Waals surface area contributed by atoms with Crippen LogP contribution in [-0.4, -0.2) is 23.9 Å². The Kier molecular flexibility index (Phi) is 4.90. The third-order valence-corrected chi connectivity index (χ3v) is 6.10. The van der Waals surface area contributed by atoms with Crippen molar-refractivity contribution < 1.29 is 17.6 Å². The zero-order valence-electron chi connectivity index (χ0n) is 13.6. The van der Waals surface area contributed by atoms with E-state index in [1.165, 1.54) is 23.6 Å².